The van der Waals surface area contributed by atoms with Crippen LogP contribution in [-0.2, 0) is 0 Å². The minimum atomic E-state index is -0.233. The van der Waals surface area contributed by atoms with E-state index in [4.69, 9.17) is 15.3 Å². The average Bonchev–Trinajstić information content (AvgIpc) is 2.53. The third kappa shape index (κ3) is 3.81. The van der Waals surface area contributed by atoms with Crippen LogP contribution in [0.5, 0.6) is 11.5 Å². The fourth-order valence-electron chi connectivity index (χ4n) is 1.67. The lowest BCUT2D eigenvalue weighted by atomic mass is 10.2. The molecule has 0 aliphatic carbocycles. The van der Waals surface area contributed by atoms with Gasteiger partial charge in [0.25, 0.3) is 0 Å². The number of nitriles is 2. The first-order valence-corrected chi connectivity index (χ1v) is 6.47. The largest absolute Gasteiger partial charge is 0.455 e. The smallest absolute Gasteiger partial charge is 0.237 e. The number of anilines is 1. The minimum Gasteiger partial charge on any atom is -0.455 e. The van der Waals surface area contributed by atoms with Gasteiger partial charge in [-0.25, -0.2) is 0 Å². The summed E-state index contributed by atoms with van der Waals surface area (Å²) in [6, 6.07) is 12.4. The van der Waals surface area contributed by atoms with Crippen LogP contribution in [0.3, 0.4) is 0 Å². The van der Waals surface area contributed by atoms with Gasteiger partial charge in [-0.1, -0.05) is 0 Å². The molecule has 1 aromatic heterocycles. The van der Waals surface area contributed by atoms with Crippen molar-refractivity contribution < 1.29 is 4.74 Å². The quantitative estimate of drug-likeness (QED) is 0.689. The van der Waals surface area contributed by atoms with Crippen molar-refractivity contribution in [2.24, 2.45) is 5.10 Å². The first-order chi connectivity index (χ1) is 10.6. The third-order valence-electron chi connectivity index (χ3n) is 2.80. The Kier molecular flexibility index (Phi) is 4.69. The van der Waals surface area contributed by atoms with Crippen molar-refractivity contribution in [1.82, 2.24) is 4.98 Å². The van der Waals surface area contributed by atoms with E-state index in [2.05, 4.69) is 15.5 Å². The summed E-state index contributed by atoms with van der Waals surface area (Å²) in [6.07, 6.45) is 1.66. The second-order valence-corrected chi connectivity index (χ2v) is 4.51. The van der Waals surface area contributed by atoms with Gasteiger partial charge < -0.3 is 4.74 Å². The molecule has 2 rings (SSSR count). The number of aryl methyl sites for hydroxylation is 2. The van der Waals surface area contributed by atoms with Crippen LogP contribution in [-0.4, -0.2) is 10.7 Å². The molecule has 2 aromatic rings. The van der Waals surface area contributed by atoms with E-state index in [1.165, 1.54) is 0 Å². The van der Waals surface area contributed by atoms with Crippen LogP contribution in [0.4, 0.5) is 5.69 Å². The number of nitrogens with zero attached hydrogens (tertiary/aromatic N) is 4. The Bertz CT molecular complexity index is 766. The molecule has 1 heterocycles. The van der Waals surface area contributed by atoms with Gasteiger partial charge in [-0.15, -0.1) is 0 Å². The van der Waals surface area contributed by atoms with Crippen LogP contribution in [0.15, 0.2) is 41.6 Å². The number of hydrazone groups is 1. The van der Waals surface area contributed by atoms with E-state index >= 15 is 0 Å². The van der Waals surface area contributed by atoms with Gasteiger partial charge in [-0.3, -0.25) is 10.4 Å². The predicted octanol–water partition coefficient (Wildman–Crippen LogP) is 3.31. The van der Waals surface area contributed by atoms with Crippen molar-refractivity contribution in [3.63, 3.8) is 0 Å². The minimum absolute atomic E-state index is 0.233. The van der Waals surface area contributed by atoms with E-state index in [9.17, 15) is 0 Å². The van der Waals surface area contributed by atoms with Gasteiger partial charge in [0, 0.05) is 5.69 Å². The highest BCUT2D eigenvalue weighted by Crippen LogP contribution is 2.27. The summed E-state index contributed by atoms with van der Waals surface area (Å²) in [4.78, 5) is 4.17. The molecule has 0 radical (unpaired) electrons. The number of benzene rings is 1. The maximum absolute atomic E-state index is 8.62. The second-order valence-electron chi connectivity index (χ2n) is 4.51. The van der Waals surface area contributed by atoms with Crippen LogP contribution < -0.4 is 10.2 Å². The topological polar surface area (TPSA) is 94.1 Å². The molecule has 0 bridgehead atoms. The molecule has 0 atom stereocenters. The van der Waals surface area contributed by atoms with Crippen molar-refractivity contribution in [2.45, 2.75) is 13.8 Å². The number of ether oxygens (including phenoxy) is 1. The first kappa shape index (κ1) is 15.0. The van der Waals surface area contributed by atoms with Gasteiger partial charge in [0.1, 0.15) is 23.6 Å². The molecular weight excluding hydrogens is 278 g/mol. The lowest BCUT2D eigenvalue weighted by Gasteiger charge is -2.10. The Morgan fingerprint density at radius 1 is 1.18 bits per heavy atom. The summed E-state index contributed by atoms with van der Waals surface area (Å²) < 4.78 is 5.76. The van der Waals surface area contributed by atoms with E-state index < -0.39 is 0 Å². The molecule has 0 saturated carbocycles. The van der Waals surface area contributed by atoms with E-state index in [-0.39, 0.29) is 5.71 Å². The highest BCUT2D eigenvalue weighted by atomic mass is 16.5. The molecule has 6 nitrogen and oxygen atoms in total. The average molecular weight is 291 g/mol. The number of pyridine rings is 1. The van der Waals surface area contributed by atoms with E-state index in [1.54, 1.807) is 30.5 Å². The summed E-state index contributed by atoms with van der Waals surface area (Å²) in [5.74, 6) is 1.35. The van der Waals surface area contributed by atoms with E-state index in [1.807, 2.05) is 32.0 Å². The van der Waals surface area contributed by atoms with Gasteiger partial charge in [-0.2, -0.15) is 15.6 Å². The van der Waals surface area contributed by atoms with E-state index in [0.717, 1.165) is 11.3 Å². The number of aromatic nitrogens is 1. The molecule has 1 aromatic carbocycles. The molecule has 0 unspecified atom stereocenters. The maximum atomic E-state index is 8.62. The lowest BCUT2D eigenvalue weighted by Crippen LogP contribution is -1.97. The molecular formula is C16H13N5O. The normalized spacial score (nSPS) is 9.27. The fraction of sp³-hybridized carbons (Fsp3) is 0.125. The standard InChI is InChI=1S/C16H13N5O/c1-11-7-13(20-21-14(8-17)9-18)4-6-16(11)22-15-5-3-12(2)19-10-15/h3-7,10,20H,1-2H3. The highest BCUT2D eigenvalue weighted by Gasteiger charge is 2.03. The van der Waals surface area contributed by atoms with Crippen molar-refractivity contribution in [2.75, 3.05) is 5.43 Å². The van der Waals surface area contributed by atoms with Crippen LogP contribution in [0, 0.1) is 36.5 Å². The zero-order chi connectivity index (χ0) is 15.9. The molecule has 6 heteroatoms. The zero-order valence-electron chi connectivity index (χ0n) is 12.2. The van der Waals surface area contributed by atoms with Crippen LogP contribution in [0.25, 0.3) is 0 Å². The fourth-order valence-corrected chi connectivity index (χ4v) is 1.67. The Balaban J connectivity index is 2.13. The summed E-state index contributed by atoms with van der Waals surface area (Å²) >= 11 is 0. The molecule has 1 N–H and O–H groups in total. The van der Waals surface area contributed by atoms with Crippen molar-refractivity contribution in [1.29, 1.82) is 10.5 Å². The molecule has 22 heavy (non-hydrogen) atoms. The maximum Gasteiger partial charge on any atom is 0.237 e. The third-order valence-corrected chi connectivity index (χ3v) is 2.80. The molecule has 108 valence electrons. The van der Waals surface area contributed by atoms with Gasteiger partial charge in [0.2, 0.25) is 5.71 Å². The molecule has 0 amide bonds. The Labute approximate surface area is 128 Å². The van der Waals surface area contributed by atoms with Crippen LogP contribution in [0.1, 0.15) is 11.3 Å². The monoisotopic (exact) mass is 291 g/mol. The summed E-state index contributed by atoms with van der Waals surface area (Å²) in [7, 11) is 0. The predicted molar refractivity (Wildman–Crippen MR) is 82.5 cm³/mol. The summed E-state index contributed by atoms with van der Waals surface area (Å²) in [5, 5.41) is 20.9. The van der Waals surface area contributed by atoms with Crippen molar-refractivity contribution in [3.8, 4) is 23.6 Å². The number of nitrogens with one attached hydrogen (secondary N) is 1. The Hall–Kier alpha value is -3.38. The highest BCUT2D eigenvalue weighted by molar-refractivity contribution is 6.10. The van der Waals surface area contributed by atoms with Crippen LogP contribution >= 0.6 is 0 Å². The van der Waals surface area contributed by atoms with Gasteiger partial charge in [0.15, 0.2) is 0 Å². The molecule has 0 aliphatic heterocycles. The Morgan fingerprint density at radius 2 is 1.95 bits per heavy atom. The van der Waals surface area contributed by atoms with Crippen molar-refractivity contribution >= 4 is 11.4 Å². The molecule has 0 aliphatic rings. The number of hydrogen-bond acceptors (Lipinski definition) is 6. The molecule has 0 spiro atoms. The van der Waals surface area contributed by atoms with Crippen LogP contribution in [0.2, 0.25) is 0 Å². The van der Waals surface area contributed by atoms with E-state index in [0.29, 0.717) is 17.2 Å². The van der Waals surface area contributed by atoms with Gasteiger partial charge in [0.05, 0.1) is 11.9 Å². The number of hydrogen-bond donors (Lipinski definition) is 1. The molecule has 0 saturated heterocycles. The Morgan fingerprint density at radius 3 is 2.55 bits per heavy atom. The molecule has 0 fully saturated rings. The zero-order valence-corrected chi connectivity index (χ0v) is 12.2. The summed E-state index contributed by atoms with van der Waals surface area (Å²) in [5.41, 5.74) is 4.90. The first-order valence-electron chi connectivity index (χ1n) is 6.47. The van der Waals surface area contributed by atoms with Gasteiger partial charge >= 0.3 is 0 Å². The van der Waals surface area contributed by atoms with Crippen molar-refractivity contribution in [3.05, 3.63) is 47.8 Å². The van der Waals surface area contributed by atoms with Gasteiger partial charge in [-0.05, 0) is 49.7 Å². The number of rotatable bonds is 4. The SMILES string of the molecule is Cc1ccc(Oc2ccc(NN=C(C#N)C#N)cc2C)cn1. The lowest BCUT2D eigenvalue weighted by molar-refractivity contribution is 0.476. The summed E-state index contributed by atoms with van der Waals surface area (Å²) in [6.45, 7) is 3.80. The second kappa shape index (κ2) is 6.87.